The van der Waals surface area contributed by atoms with Crippen LogP contribution >= 0.6 is 11.3 Å². The summed E-state index contributed by atoms with van der Waals surface area (Å²) in [5, 5.41) is 11.3. The predicted octanol–water partition coefficient (Wildman–Crippen LogP) is 11.6. The van der Waals surface area contributed by atoms with Crippen molar-refractivity contribution in [1.29, 1.82) is 0 Å². The van der Waals surface area contributed by atoms with Crippen molar-refractivity contribution in [3.63, 3.8) is 0 Å². The molecule has 2 aliphatic rings. The zero-order valence-electron chi connectivity index (χ0n) is 27.7. The van der Waals surface area contributed by atoms with Gasteiger partial charge in [0.25, 0.3) is 0 Å². The molecule has 0 fully saturated rings. The van der Waals surface area contributed by atoms with Gasteiger partial charge in [0.05, 0.1) is 6.08 Å². The second-order valence-electron chi connectivity index (χ2n) is 13.1. The van der Waals surface area contributed by atoms with Crippen LogP contribution in [0, 0.1) is 0 Å². The SMILES string of the molecule is C1=CC=CCC=1C1=[N+]=C(c2ccccc2)C=C(c2ccc(-c3ccc4c(ccc5cc(-c6cccc7c6sc6ccccc67)ccc54)c3)cc2)N1. The summed E-state index contributed by atoms with van der Waals surface area (Å²) in [6.45, 7) is 0. The lowest BCUT2D eigenvalue weighted by Gasteiger charge is -2.12. The number of rotatable bonds is 5. The molecule has 0 saturated heterocycles. The Labute approximate surface area is 300 Å². The van der Waals surface area contributed by atoms with Crippen LogP contribution in [0.15, 0.2) is 181 Å². The van der Waals surface area contributed by atoms with Crippen LogP contribution in [0.3, 0.4) is 0 Å². The molecule has 0 bridgehead atoms. The fourth-order valence-electron chi connectivity index (χ4n) is 7.40. The van der Waals surface area contributed by atoms with Crippen LogP contribution in [0.1, 0.15) is 17.5 Å². The third-order valence-corrected chi connectivity index (χ3v) is 11.2. The van der Waals surface area contributed by atoms with Crippen molar-refractivity contribution in [2.45, 2.75) is 6.42 Å². The van der Waals surface area contributed by atoms with Gasteiger partial charge in [-0.1, -0.05) is 127 Å². The van der Waals surface area contributed by atoms with Crippen molar-refractivity contribution in [3.05, 3.63) is 192 Å². The van der Waals surface area contributed by atoms with E-state index < -0.39 is 0 Å². The fraction of sp³-hybridized carbons (Fsp3) is 0.0208. The van der Waals surface area contributed by atoms with Crippen LogP contribution in [-0.2, 0) is 0 Å². The van der Waals surface area contributed by atoms with Crippen LogP contribution in [0.5, 0.6) is 0 Å². The first-order chi connectivity index (χ1) is 25.2. The highest BCUT2D eigenvalue weighted by Crippen LogP contribution is 2.41. The average molecular weight is 668 g/mol. The van der Waals surface area contributed by atoms with E-state index in [1.807, 2.05) is 29.6 Å². The molecular formula is C48H31N2S+. The fourth-order valence-corrected chi connectivity index (χ4v) is 8.64. The highest BCUT2D eigenvalue weighted by atomic mass is 32.1. The molecule has 1 aliphatic heterocycles. The van der Waals surface area contributed by atoms with E-state index in [2.05, 4.69) is 163 Å². The third kappa shape index (κ3) is 5.25. The number of benzene rings is 7. The Morgan fingerprint density at radius 3 is 2.08 bits per heavy atom. The molecule has 8 aromatic rings. The zero-order chi connectivity index (χ0) is 33.7. The Balaban J connectivity index is 0.965. The second-order valence-corrected chi connectivity index (χ2v) is 14.2. The van der Waals surface area contributed by atoms with Crippen molar-refractivity contribution in [3.8, 4) is 22.3 Å². The molecule has 7 aromatic carbocycles. The number of nitrogens with zero attached hydrogens (tertiary/aromatic N) is 1. The van der Waals surface area contributed by atoms with Gasteiger partial charge in [0.15, 0.2) is 0 Å². The van der Waals surface area contributed by atoms with E-state index in [0.29, 0.717) is 0 Å². The largest absolute Gasteiger partial charge is 0.384 e. The van der Waals surface area contributed by atoms with E-state index in [4.69, 9.17) is 4.67 Å². The zero-order valence-corrected chi connectivity index (χ0v) is 28.5. The molecule has 238 valence electrons. The molecule has 0 unspecified atom stereocenters. The normalized spacial score (nSPS) is 14.0. The lowest BCUT2D eigenvalue weighted by molar-refractivity contribution is 1.19. The summed E-state index contributed by atoms with van der Waals surface area (Å²) in [5.41, 5.74) is 13.6. The minimum atomic E-state index is 0.804. The molecule has 51 heavy (non-hydrogen) atoms. The minimum absolute atomic E-state index is 0.804. The Morgan fingerprint density at radius 2 is 1.27 bits per heavy atom. The van der Waals surface area contributed by atoms with Gasteiger partial charge in [0.2, 0.25) is 5.71 Å². The molecule has 0 radical (unpaired) electrons. The van der Waals surface area contributed by atoms with Crippen molar-refractivity contribution in [2.24, 2.45) is 0 Å². The molecule has 0 atom stereocenters. The highest BCUT2D eigenvalue weighted by molar-refractivity contribution is 7.26. The number of fused-ring (bicyclic) bond motifs is 6. The van der Waals surface area contributed by atoms with E-state index in [1.165, 1.54) is 64.0 Å². The number of allylic oxidation sites excluding steroid dienone is 3. The van der Waals surface area contributed by atoms with Crippen molar-refractivity contribution in [1.82, 2.24) is 9.98 Å². The van der Waals surface area contributed by atoms with E-state index in [-0.39, 0.29) is 0 Å². The van der Waals surface area contributed by atoms with Gasteiger partial charge in [-0.3, -0.25) is 0 Å². The maximum atomic E-state index is 5.00. The van der Waals surface area contributed by atoms with Crippen molar-refractivity contribution >= 4 is 70.3 Å². The highest BCUT2D eigenvalue weighted by Gasteiger charge is 2.25. The maximum Gasteiger partial charge on any atom is 0.384 e. The summed E-state index contributed by atoms with van der Waals surface area (Å²) >= 11 is 1.88. The number of amidine groups is 1. The first-order valence-corrected chi connectivity index (χ1v) is 18.2. The quantitative estimate of drug-likeness (QED) is 0.110. The van der Waals surface area contributed by atoms with E-state index in [0.717, 1.165) is 40.4 Å². The molecule has 1 aromatic heterocycles. The molecule has 0 saturated carbocycles. The molecule has 1 aliphatic carbocycles. The summed E-state index contributed by atoms with van der Waals surface area (Å²) in [6.07, 6.45) is 9.08. The molecule has 2 heterocycles. The molecule has 2 nitrogen and oxygen atoms in total. The molecule has 10 rings (SSSR count). The topological polar surface area (TPSA) is 26.1 Å². The summed E-state index contributed by atoms with van der Waals surface area (Å²) in [5.74, 6) is 0.849. The van der Waals surface area contributed by atoms with Crippen LogP contribution in [0.2, 0.25) is 0 Å². The molecule has 3 heteroatoms. The van der Waals surface area contributed by atoms with E-state index in [9.17, 15) is 0 Å². The van der Waals surface area contributed by atoms with Gasteiger partial charge in [-0.05, 0) is 80.2 Å². The van der Waals surface area contributed by atoms with Gasteiger partial charge in [-0.2, -0.15) is 0 Å². The predicted molar refractivity (Wildman–Crippen MR) is 219 cm³/mol. The summed E-state index contributed by atoms with van der Waals surface area (Å²) in [7, 11) is 0. The monoisotopic (exact) mass is 667 g/mol. The second kappa shape index (κ2) is 12.1. The number of hydrogen-bond acceptors (Lipinski definition) is 2. The standard InChI is InChI=1S/C48H30N2S/c1-3-10-32(11-4-1)44-30-45(50-48(49-44)34-12-5-2-6-13-34)33-20-18-31(19-21-33)35-24-26-39-36(28-35)22-23-37-29-38(25-27-40(37)39)41-15-9-16-43-42-14-7-8-17-46(42)51-47(41)43/h1-11,14-30H,12H2/p+1. The van der Waals surface area contributed by atoms with Crippen molar-refractivity contribution < 1.29 is 0 Å². The van der Waals surface area contributed by atoms with Gasteiger partial charge < -0.3 is 0 Å². The first kappa shape index (κ1) is 29.4. The lowest BCUT2D eigenvalue weighted by atomic mass is 9.94. The van der Waals surface area contributed by atoms with Gasteiger partial charge >= 0.3 is 5.84 Å². The van der Waals surface area contributed by atoms with Gasteiger partial charge in [0.1, 0.15) is 11.3 Å². The first-order valence-electron chi connectivity index (χ1n) is 17.3. The van der Waals surface area contributed by atoms with Gasteiger partial charge in [0, 0.05) is 37.7 Å². The Bertz CT molecular complexity index is 2910. The number of hydrogen-bond donors (Lipinski definition) is 1. The van der Waals surface area contributed by atoms with E-state index >= 15 is 0 Å². The Kier molecular flexibility index (Phi) is 7.01. The van der Waals surface area contributed by atoms with Gasteiger partial charge in [-0.15, -0.1) is 17.1 Å². The lowest BCUT2D eigenvalue weighted by Crippen LogP contribution is -2.31. The average Bonchev–Trinajstić information content (AvgIpc) is 3.60. The number of nitrogens with one attached hydrogen (secondary N) is 1. The van der Waals surface area contributed by atoms with E-state index in [1.54, 1.807) is 0 Å². The smallest absolute Gasteiger partial charge is 0.225 e. The van der Waals surface area contributed by atoms with Crippen LogP contribution in [-0.4, -0.2) is 11.5 Å². The molecule has 0 amide bonds. The Hall–Kier alpha value is -6.47. The molecule has 0 spiro atoms. The number of thiophene rings is 1. The van der Waals surface area contributed by atoms with Crippen LogP contribution < -0.4 is 9.98 Å². The summed E-state index contributed by atoms with van der Waals surface area (Å²) in [4.78, 5) is 0. The summed E-state index contributed by atoms with van der Waals surface area (Å²) in [6, 6.07) is 52.9. The maximum absolute atomic E-state index is 5.00. The van der Waals surface area contributed by atoms with Crippen LogP contribution in [0.25, 0.3) is 69.7 Å². The Morgan fingerprint density at radius 1 is 0.569 bits per heavy atom. The van der Waals surface area contributed by atoms with Crippen molar-refractivity contribution in [2.75, 3.05) is 0 Å². The summed E-state index contributed by atoms with van der Waals surface area (Å²) < 4.78 is 7.69. The molecular weight excluding hydrogens is 637 g/mol. The van der Waals surface area contributed by atoms with Crippen LogP contribution in [0.4, 0.5) is 0 Å². The third-order valence-electron chi connectivity index (χ3n) is 10.0. The molecule has 1 N–H and O–H groups in total. The minimum Gasteiger partial charge on any atom is -0.225 e. The van der Waals surface area contributed by atoms with Gasteiger partial charge in [-0.25, -0.2) is 9.98 Å².